The first-order chi connectivity index (χ1) is 12.0. The van der Waals surface area contributed by atoms with Crippen molar-refractivity contribution in [1.82, 2.24) is 0 Å². The second-order valence-corrected chi connectivity index (χ2v) is 6.15. The molecule has 5 nitrogen and oxygen atoms in total. The van der Waals surface area contributed by atoms with Crippen molar-refractivity contribution in [2.75, 3.05) is 24.8 Å². The van der Waals surface area contributed by atoms with Crippen molar-refractivity contribution in [2.24, 2.45) is 0 Å². The molecule has 0 aliphatic heterocycles. The molecule has 0 spiro atoms. The van der Waals surface area contributed by atoms with Gasteiger partial charge in [-0.15, -0.1) is 11.8 Å². The lowest BCUT2D eigenvalue weighted by molar-refractivity contribution is -0.144. The van der Waals surface area contributed by atoms with Gasteiger partial charge in [-0.25, -0.2) is 4.39 Å². The lowest BCUT2D eigenvalue weighted by Crippen LogP contribution is -2.22. The zero-order valence-electron chi connectivity index (χ0n) is 13.9. The van der Waals surface area contributed by atoms with Gasteiger partial charge in [0.15, 0.2) is 6.61 Å². The predicted molar refractivity (Wildman–Crippen MR) is 94.4 cm³/mol. The van der Waals surface area contributed by atoms with E-state index in [0.717, 1.165) is 17.3 Å². The monoisotopic (exact) mass is 363 g/mol. The molecule has 0 aliphatic rings. The summed E-state index contributed by atoms with van der Waals surface area (Å²) in [5.41, 5.74) is 1.46. The molecule has 0 bridgehead atoms. The van der Waals surface area contributed by atoms with E-state index in [-0.39, 0.29) is 5.75 Å². The minimum atomic E-state index is -0.598. The van der Waals surface area contributed by atoms with Crippen LogP contribution in [0.25, 0.3) is 0 Å². The zero-order valence-corrected chi connectivity index (χ0v) is 14.7. The van der Waals surface area contributed by atoms with Crippen molar-refractivity contribution >= 4 is 29.3 Å². The van der Waals surface area contributed by atoms with Gasteiger partial charge < -0.3 is 14.8 Å². The quantitative estimate of drug-likeness (QED) is 0.603. The first-order valence-corrected chi connectivity index (χ1v) is 8.45. The third kappa shape index (κ3) is 5.79. The number of anilines is 1. The fraction of sp³-hybridized carbons (Fsp3) is 0.222. The normalized spacial score (nSPS) is 10.2. The number of carbonyl (C=O) groups excluding carboxylic acids is 2. The van der Waals surface area contributed by atoms with Gasteiger partial charge in [0, 0.05) is 4.90 Å². The fourth-order valence-electron chi connectivity index (χ4n) is 1.99. The van der Waals surface area contributed by atoms with E-state index in [1.165, 1.54) is 13.2 Å². The zero-order chi connectivity index (χ0) is 18.2. The van der Waals surface area contributed by atoms with Crippen LogP contribution in [0.5, 0.6) is 5.75 Å². The van der Waals surface area contributed by atoms with Crippen molar-refractivity contribution < 1.29 is 23.5 Å². The minimum Gasteiger partial charge on any atom is -0.495 e. The Bertz CT molecular complexity index is 766. The number of benzene rings is 2. The molecule has 7 heteroatoms. The van der Waals surface area contributed by atoms with Gasteiger partial charge in [-0.3, -0.25) is 9.59 Å². The predicted octanol–water partition coefficient (Wildman–Crippen LogP) is 3.42. The number of hydrogen-bond donors (Lipinski definition) is 1. The molecule has 0 saturated heterocycles. The van der Waals surface area contributed by atoms with Crippen LogP contribution < -0.4 is 10.1 Å². The number of ether oxygens (including phenoxy) is 2. The first kappa shape index (κ1) is 18.8. The van der Waals surface area contributed by atoms with Crippen molar-refractivity contribution in [3.8, 4) is 5.75 Å². The molecule has 0 aromatic heterocycles. The molecule has 1 amide bonds. The number of methoxy groups -OCH3 is 1. The molecule has 2 aromatic rings. The lowest BCUT2D eigenvalue weighted by atomic mass is 10.2. The summed E-state index contributed by atoms with van der Waals surface area (Å²) in [6.45, 7) is 1.46. The molecule has 0 aliphatic carbocycles. The maximum absolute atomic E-state index is 13.5. The molecule has 25 heavy (non-hydrogen) atoms. The number of halogens is 1. The maximum Gasteiger partial charge on any atom is 0.316 e. The van der Waals surface area contributed by atoms with Crippen molar-refractivity contribution in [3.63, 3.8) is 0 Å². The number of aryl methyl sites for hydroxylation is 1. The Hall–Kier alpha value is -2.54. The van der Waals surface area contributed by atoms with Gasteiger partial charge in [-0.1, -0.05) is 18.2 Å². The van der Waals surface area contributed by atoms with E-state index in [4.69, 9.17) is 9.47 Å². The summed E-state index contributed by atoms with van der Waals surface area (Å²) >= 11 is 1.02. The second kappa shape index (κ2) is 9.08. The maximum atomic E-state index is 13.5. The molecule has 0 fully saturated rings. The number of amides is 1. The highest BCUT2D eigenvalue weighted by Gasteiger charge is 2.12. The number of esters is 1. The van der Waals surface area contributed by atoms with Crippen molar-refractivity contribution in [3.05, 3.63) is 53.8 Å². The Labute approximate surface area is 149 Å². The topological polar surface area (TPSA) is 64.6 Å². The van der Waals surface area contributed by atoms with Crippen LogP contribution in [-0.2, 0) is 14.3 Å². The van der Waals surface area contributed by atoms with Crippen molar-refractivity contribution in [2.45, 2.75) is 11.8 Å². The third-order valence-electron chi connectivity index (χ3n) is 3.18. The molecule has 0 radical (unpaired) electrons. The highest BCUT2D eigenvalue weighted by atomic mass is 32.2. The second-order valence-electron chi connectivity index (χ2n) is 5.13. The number of nitrogens with one attached hydrogen (secondary N) is 1. The van der Waals surface area contributed by atoms with Crippen LogP contribution >= 0.6 is 11.8 Å². The van der Waals surface area contributed by atoms with Gasteiger partial charge in [0.05, 0.1) is 18.6 Å². The number of thioether (sulfide) groups is 1. The molecule has 132 valence electrons. The highest BCUT2D eigenvalue weighted by Crippen LogP contribution is 2.25. The van der Waals surface area contributed by atoms with E-state index in [1.807, 2.05) is 13.0 Å². The summed E-state index contributed by atoms with van der Waals surface area (Å²) in [5.74, 6) is -1.04. The third-order valence-corrected chi connectivity index (χ3v) is 4.20. The summed E-state index contributed by atoms with van der Waals surface area (Å²) in [6, 6.07) is 11.5. The van der Waals surface area contributed by atoms with Crippen LogP contribution in [0.3, 0.4) is 0 Å². The molecule has 2 rings (SSSR count). The van der Waals surface area contributed by atoms with Gasteiger partial charge in [0.2, 0.25) is 0 Å². The Morgan fingerprint density at radius 2 is 1.96 bits per heavy atom. The van der Waals surface area contributed by atoms with Crippen LogP contribution in [0.2, 0.25) is 0 Å². The fourth-order valence-corrected chi connectivity index (χ4v) is 2.73. The molecular formula is C18H18FNO4S. The summed E-state index contributed by atoms with van der Waals surface area (Å²) in [5, 5.41) is 2.63. The van der Waals surface area contributed by atoms with E-state index >= 15 is 0 Å². The summed E-state index contributed by atoms with van der Waals surface area (Å²) in [7, 11) is 1.50. The minimum absolute atomic E-state index is 0.0814. The van der Waals surface area contributed by atoms with Crippen LogP contribution in [-0.4, -0.2) is 31.3 Å². The van der Waals surface area contributed by atoms with Gasteiger partial charge in [-0.05, 0) is 36.8 Å². The van der Waals surface area contributed by atoms with E-state index in [9.17, 15) is 14.0 Å². The Morgan fingerprint density at radius 3 is 2.68 bits per heavy atom. The summed E-state index contributed by atoms with van der Waals surface area (Å²) in [6.07, 6.45) is 0. The SMILES string of the molecule is COc1ccc(C)cc1NC(=O)COC(=O)CSc1ccccc1F. The molecule has 0 unspecified atom stereocenters. The number of rotatable bonds is 7. The molecule has 1 N–H and O–H groups in total. The average Bonchev–Trinajstić information content (AvgIpc) is 2.59. The standard InChI is InChI=1S/C18H18FNO4S/c1-12-7-8-15(23-2)14(9-12)20-17(21)10-24-18(22)11-25-16-6-4-3-5-13(16)19/h3-9H,10-11H2,1-2H3,(H,20,21). The van der Waals surface area contributed by atoms with E-state index in [1.54, 1.807) is 30.3 Å². The molecule has 0 saturated carbocycles. The largest absolute Gasteiger partial charge is 0.495 e. The van der Waals surface area contributed by atoms with Crippen LogP contribution in [0.1, 0.15) is 5.56 Å². The molecular weight excluding hydrogens is 345 g/mol. The smallest absolute Gasteiger partial charge is 0.316 e. The molecule has 2 aromatic carbocycles. The van der Waals surface area contributed by atoms with Gasteiger partial charge in [0.1, 0.15) is 11.6 Å². The Morgan fingerprint density at radius 1 is 1.20 bits per heavy atom. The van der Waals surface area contributed by atoms with Crippen LogP contribution in [0.15, 0.2) is 47.4 Å². The molecule has 0 atom stereocenters. The van der Waals surface area contributed by atoms with Gasteiger partial charge in [0.25, 0.3) is 5.91 Å². The first-order valence-electron chi connectivity index (χ1n) is 7.47. The Balaban J connectivity index is 1.81. The number of hydrogen-bond acceptors (Lipinski definition) is 5. The van der Waals surface area contributed by atoms with Gasteiger partial charge in [-0.2, -0.15) is 0 Å². The summed E-state index contributed by atoms with van der Waals surface area (Å²) < 4.78 is 23.5. The highest BCUT2D eigenvalue weighted by molar-refractivity contribution is 8.00. The van der Waals surface area contributed by atoms with Crippen LogP contribution in [0, 0.1) is 12.7 Å². The van der Waals surface area contributed by atoms with Crippen molar-refractivity contribution in [1.29, 1.82) is 0 Å². The Kier molecular flexibility index (Phi) is 6.82. The van der Waals surface area contributed by atoms with Gasteiger partial charge >= 0.3 is 5.97 Å². The van der Waals surface area contributed by atoms with E-state index < -0.39 is 24.3 Å². The molecule has 0 heterocycles. The average molecular weight is 363 g/mol. The van der Waals surface area contributed by atoms with E-state index in [0.29, 0.717) is 16.3 Å². The lowest BCUT2D eigenvalue weighted by Gasteiger charge is -2.11. The van der Waals surface area contributed by atoms with Crippen LogP contribution in [0.4, 0.5) is 10.1 Å². The number of carbonyl (C=O) groups is 2. The summed E-state index contributed by atoms with van der Waals surface area (Å²) in [4.78, 5) is 24.0. The van der Waals surface area contributed by atoms with E-state index in [2.05, 4.69) is 5.32 Å².